The lowest BCUT2D eigenvalue weighted by atomic mass is 10.1. The van der Waals surface area contributed by atoms with Gasteiger partial charge in [0, 0.05) is 31.6 Å². The zero-order chi connectivity index (χ0) is 21.1. The number of ether oxygens (including phenoxy) is 2. The molecule has 0 spiro atoms. The topological polar surface area (TPSA) is 92.7 Å². The van der Waals surface area contributed by atoms with E-state index < -0.39 is 0 Å². The Hall–Kier alpha value is -2.78. The molecule has 156 valence electrons. The second-order valence-corrected chi connectivity index (χ2v) is 6.71. The molecule has 1 heterocycles. The number of aromatic nitrogens is 2. The summed E-state index contributed by atoms with van der Waals surface area (Å²) in [4.78, 5) is 13.4. The second-order valence-electron chi connectivity index (χ2n) is 6.30. The number of rotatable bonds is 8. The Morgan fingerprint density at radius 2 is 1.79 bits per heavy atom. The van der Waals surface area contributed by atoms with E-state index >= 15 is 0 Å². The highest BCUT2D eigenvalue weighted by atomic mass is 32.1. The molecule has 8 nitrogen and oxygen atoms in total. The number of nitrogens with zero attached hydrogens (tertiary/aromatic N) is 3. The maximum Gasteiger partial charge on any atom is 0.229 e. The van der Waals surface area contributed by atoms with E-state index in [1.54, 1.807) is 14.2 Å². The number of nitrogens with one attached hydrogen (secondary N) is 3. The highest BCUT2D eigenvalue weighted by molar-refractivity contribution is 7.80. The first-order chi connectivity index (χ1) is 14.0. The summed E-state index contributed by atoms with van der Waals surface area (Å²) >= 11 is 5.33. The molecular weight excluding hydrogens is 388 g/mol. The van der Waals surface area contributed by atoms with Gasteiger partial charge in [0.2, 0.25) is 11.9 Å². The van der Waals surface area contributed by atoms with Gasteiger partial charge in [0.05, 0.1) is 13.7 Å². The van der Waals surface area contributed by atoms with Crippen LogP contribution in [0.4, 0.5) is 5.95 Å². The van der Waals surface area contributed by atoms with Crippen LogP contribution in [-0.4, -0.2) is 55.0 Å². The fourth-order valence-electron chi connectivity index (χ4n) is 2.51. The van der Waals surface area contributed by atoms with E-state index in [2.05, 4.69) is 30.9 Å². The van der Waals surface area contributed by atoms with Crippen molar-refractivity contribution in [3.8, 4) is 5.75 Å². The summed E-state index contributed by atoms with van der Waals surface area (Å²) in [5.41, 5.74) is 2.91. The molecule has 0 amide bonds. The fourth-order valence-corrected chi connectivity index (χ4v) is 2.70. The predicted molar refractivity (Wildman–Crippen MR) is 120 cm³/mol. The molecule has 1 aromatic heterocycles. The van der Waals surface area contributed by atoms with E-state index in [1.165, 1.54) is 0 Å². The number of benzene rings is 1. The lowest BCUT2D eigenvalue weighted by Gasteiger charge is -2.14. The molecule has 9 heteroatoms. The molecule has 0 aliphatic rings. The number of aliphatic imine (C=N–C) groups is 1. The first-order valence-electron chi connectivity index (χ1n) is 9.30. The molecule has 0 radical (unpaired) electrons. The average molecular weight is 417 g/mol. The molecule has 2 aromatic rings. The Morgan fingerprint density at radius 3 is 2.41 bits per heavy atom. The lowest BCUT2D eigenvalue weighted by molar-refractivity contribution is 0.204. The summed E-state index contributed by atoms with van der Waals surface area (Å²) in [5, 5.41) is 9.71. The summed E-state index contributed by atoms with van der Waals surface area (Å²) in [5.74, 6) is 1.79. The average Bonchev–Trinajstić information content (AvgIpc) is 2.68. The van der Waals surface area contributed by atoms with Crippen molar-refractivity contribution in [1.29, 1.82) is 0 Å². The van der Waals surface area contributed by atoms with Gasteiger partial charge in [-0.1, -0.05) is 12.1 Å². The Bertz CT molecular complexity index is 806. The van der Waals surface area contributed by atoms with Gasteiger partial charge < -0.3 is 20.1 Å². The highest BCUT2D eigenvalue weighted by Gasteiger charge is 2.07. The molecule has 0 fully saturated rings. The Balaban J connectivity index is 2.04. The van der Waals surface area contributed by atoms with Crippen molar-refractivity contribution in [2.24, 2.45) is 4.99 Å². The minimum Gasteiger partial charge on any atom is -0.497 e. The van der Waals surface area contributed by atoms with Gasteiger partial charge in [-0.05, 0) is 56.2 Å². The minimum absolute atomic E-state index is 0.446. The minimum atomic E-state index is 0.446. The molecule has 0 unspecified atom stereocenters. The molecule has 29 heavy (non-hydrogen) atoms. The molecule has 0 aliphatic carbocycles. The summed E-state index contributed by atoms with van der Waals surface area (Å²) in [7, 11) is 3.30. The van der Waals surface area contributed by atoms with Crippen molar-refractivity contribution in [2.75, 3.05) is 39.2 Å². The van der Waals surface area contributed by atoms with E-state index in [0.717, 1.165) is 29.1 Å². The van der Waals surface area contributed by atoms with Crippen molar-refractivity contribution in [2.45, 2.75) is 20.3 Å². The molecule has 0 saturated heterocycles. The maximum absolute atomic E-state index is 5.33. The number of thiocarbonyl (C=S) groups is 1. The van der Waals surface area contributed by atoms with E-state index in [-0.39, 0.29) is 0 Å². The van der Waals surface area contributed by atoms with Gasteiger partial charge in [-0.25, -0.2) is 9.97 Å². The number of anilines is 1. The van der Waals surface area contributed by atoms with Crippen molar-refractivity contribution in [3.05, 3.63) is 47.3 Å². The Morgan fingerprint density at radius 1 is 1.10 bits per heavy atom. The van der Waals surface area contributed by atoms with Crippen LogP contribution >= 0.6 is 12.2 Å². The molecule has 0 bridgehead atoms. The largest absolute Gasteiger partial charge is 0.497 e. The van der Waals surface area contributed by atoms with Gasteiger partial charge in [-0.3, -0.25) is 10.3 Å². The van der Waals surface area contributed by atoms with Crippen LogP contribution in [0.1, 0.15) is 17.0 Å². The third-order valence-electron chi connectivity index (χ3n) is 3.87. The van der Waals surface area contributed by atoms with Crippen molar-refractivity contribution >= 4 is 29.2 Å². The molecular formula is C20H28N6O2S. The summed E-state index contributed by atoms with van der Waals surface area (Å²) < 4.78 is 10.2. The van der Waals surface area contributed by atoms with Gasteiger partial charge in [-0.2, -0.15) is 0 Å². The van der Waals surface area contributed by atoms with Gasteiger partial charge in [-0.15, -0.1) is 0 Å². The zero-order valence-corrected chi connectivity index (χ0v) is 18.1. The maximum atomic E-state index is 5.33. The first-order valence-corrected chi connectivity index (χ1v) is 9.71. The number of hydrogen-bond acceptors (Lipinski definition) is 6. The quantitative estimate of drug-likeness (QED) is 0.261. The summed E-state index contributed by atoms with van der Waals surface area (Å²) in [6.07, 6.45) is 0.772. The van der Waals surface area contributed by atoms with Gasteiger partial charge in [0.25, 0.3) is 0 Å². The van der Waals surface area contributed by atoms with E-state index in [1.807, 2.05) is 44.2 Å². The Kier molecular flexibility index (Phi) is 9.26. The van der Waals surface area contributed by atoms with Crippen LogP contribution in [-0.2, 0) is 11.2 Å². The number of guanidine groups is 1. The van der Waals surface area contributed by atoms with Crippen LogP contribution in [0.25, 0.3) is 0 Å². The third-order valence-corrected chi connectivity index (χ3v) is 4.11. The van der Waals surface area contributed by atoms with E-state index in [4.69, 9.17) is 21.7 Å². The van der Waals surface area contributed by atoms with Crippen LogP contribution in [0.5, 0.6) is 5.75 Å². The van der Waals surface area contributed by atoms with Crippen LogP contribution in [0.15, 0.2) is 35.3 Å². The molecule has 1 aromatic carbocycles. The predicted octanol–water partition coefficient (Wildman–Crippen LogP) is 2.22. The normalized spacial score (nSPS) is 11.1. The fraction of sp³-hybridized carbons (Fsp3) is 0.400. The van der Waals surface area contributed by atoms with Crippen molar-refractivity contribution in [1.82, 2.24) is 20.6 Å². The van der Waals surface area contributed by atoms with Crippen molar-refractivity contribution < 1.29 is 9.47 Å². The first kappa shape index (κ1) is 22.5. The Labute approximate surface area is 177 Å². The van der Waals surface area contributed by atoms with Crippen LogP contribution in [0.3, 0.4) is 0 Å². The molecule has 2 rings (SSSR count). The monoisotopic (exact) mass is 416 g/mol. The van der Waals surface area contributed by atoms with Crippen LogP contribution < -0.4 is 20.7 Å². The standard InChI is InChI=1S/C20H28N6O2S/c1-14-13-15(2)24-19(23-14)25-18(26-20(29)22-11-12-27-3)21-10-9-16-5-7-17(28-4)8-6-16/h5-8,13H,9-12H2,1-4H3,(H3,21,22,23,24,25,26,29). The highest BCUT2D eigenvalue weighted by Crippen LogP contribution is 2.11. The van der Waals surface area contributed by atoms with Gasteiger partial charge >= 0.3 is 0 Å². The smallest absolute Gasteiger partial charge is 0.229 e. The van der Waals surface area contributed by atoms with Gasteiger partial charge in [0.1, 0.15) is 5.75 Å². The van der Waals surface area contributed by atoms with Crippen LogP contribution in [0.2, 0.25) is 0 Å². The lowest BCUT2D eigenvalue weighted by Crippen LogP contribution is -2.43. The van der Waals surface area contributed by atoms with Gasteiger partial charge in [0.15, 0.2) is 5.11 Å². The number of aryl methyl sites for hydroxylation is 2. The molecule has 0 atom stereocenters. The zero-order valence-electron chi connectivity index (χ0n) is 17.3. The van der Waals surface area contributed by atoms with E-state index in [9.17, 15) is 0 Å². The third kappa shape index (κ3) is 8.41. The second kappa shape index (κ2) is 11.9. The molecule has 0 saturated carbocycles. The molecule has 3 N–H and O–H groups in total. The van der Waals surface area contributed by atoms with Crippen molar-refractivity contribution in [3.63, 3.8) is 0 Å². The van der Waals surface area contributed by atoms with Crippen LogP contribution in [0, 0.1) is 13.8 Å². The number of methoxy groups -OCH3 is 2. The molecule has 0 aliphatic heterocycles. The SMILES string of the molecule is COCCNC(=S)NC(=NCCc1ccc(OC)cc1)Nc1nc(C)cc(C)n1. The van der Waals surface area contributed by atoms with E-state index in [0.29, 0.717) is 36.7 Å². The number of hydrogen-bond donors (Lipinski definition) is 3. The summed E-state index contributed by atoms with van der Waals surface area (Å²) in [6.45, 7) is 5.56. The summed E-state index contributed by atoms with van der Waals surface area (Å²) in [6, 6.07) is 9.84.